The monoisotopic (exact) mass is 121 g/mol. The lowest BCUT2D eigenvalue weighted by Gasteiger charge is -1.99. The van der Waals surface area contributed by atoms with Crippen LogP contribution in [0.15, 0.2) is 0 Å². The number of aliphatic hydroxyl groups is 2. The summed E-state index contributed by atoms with van der Waals surface area (Å²) in [7, 11) is 3.61. The molecule has 2 N–H and O–H groups in total. The second kappa shape index (κ2) is 9.99. The molecule has 0 saturated heterocycles. The maximum absolute atomic E-state index is 8.07. The molecule has 0 unspecified atom stereocenters. The van der Waals surface area contributed by atoms with Gasteiger partial charge in [0.15, 0.2) is 0 Å². The zero-order chi connectivity index (χ0) is 6.99. The molecular formula is C5H15NO2. The highest BCUT2D eigenvalue weighted by Gasteiger charge is 1.73. The average molecular weight is 121 g/mol. The van der Waals surface area contributed by atoms with E-state index in [1.54, 1.807) is 25.9 Å². The van der Waals surface area contributed by atoms with Gasteiger partial charge in [0.1, 0.15) is 0 Å². The first-order valence-electron chi connectivity index (χ1n) is 2.55. The van der Waals surface area contributed by atoms with Crippen molar-refractivity contribution in [3.8, 4) is 0 Å². The van der Waals surface area contributed by atoms with E-state index in [1.807, 2.05) is 0 Å². The molecule has 0 spiro atoms. The summed E-state index contributed by atoms with van der Waals surface area (Å²) in [5, 5.41) is 15.6. The minimum atomic E-state index is 0.139. The van der Waals surface area contributed by atoms with E-state index in [-0.39, 0.29) is 13.3 Å². The normalized spacial score (nSPS) is 8.25. The fourth-order valence-corrected chi connectivity index (χ4v) is 0. The van der Waals surface area contributed by atoms with Crippen molar-refractivity contribution < 1.29 is 10.2 Å². The van der Waals surface area contributed by atoms with Crippen LogP contribution in [0.3, 0.4) is 0 Å². The molecule has 0 bridgehead atoms. The molecule has 0 rings (SSSR count). The second-order valence-electron chi connectivity index (χ2n) is 1.54. The molecule has 0 saturated carbocycles. The first kappa shape index (κ1) is 10.8. The maximum Gasteiger partial charge on any atom is 0.0951 e. The Labute approximate surface area is 50.6 Å². The molecule has 52 valence electrons. The topological polar surface area (TPSA) is 43.7 Å². The Hall–Kier alpha value is -0.120. The third kappa shape index (κ3) is 39.6. The van der Waals surface area contributed by atoms with E-state index in [2.05, 4.69) is 0 Å². The third-order valence-corrected chi connectivity index (χ3v) is 0.283. The van der Waals surface area contributed by atoms with Gasteiger partial charge in [-0.25, -0.2) is 0 Å². The van der Waals surface area contributed by atoms with Crippen molar-refractivity contribution in [3.05, 3.63) is 0 Å². The van der Waals surface area contributed by atoms with E-state index in [4.69, 9.17) is 10.2 Å². The summed E-state index contributed by atoms with van der Waals surface area (Å²) < 4.78 is 0. The lowest BCUT2D eigenvalue weighted by atomic mass is 10.9. The van der Waals surface area contributed by atoms with Gasteiger partial charge in [-0.1, -0.05) is 0 Å². The molecular weight excluding hydrogens is 106 g/mol. The smallest absolute Gasteiger partial charge is 0.0951 e. The highest BCUT2D eigenvalue weighted by molar-refractivity contribution is 4.16. The maximum atomic E-state index is 8.07. The second-order valence-corrected chi connectivity index (χ2v) is 1.54. The quantitative estimate of drug-likeness (QED) is 0.459. The molecule has 0 heterocycles. The lowest BCUT2D eigenvalue weighted by molar-refractivity contribution is 0.157. The van der Waals surface area contributed by atoms with Crippen molar-refractivity contribution in [1.29, 1.82) is 0 Å². The van der Waals surface area contributed by atoms with Crippen LogP contribution in [0.25, 0.3) is 0 Å². The number of hydrogen-bond donors (Lipinski definition) is 2. The van der Waals surface area contributed by atoms with E-state index in [0.717, 1.165) is 0 Å². The highest BCUT2D eigenvalue weighted by Crippen LogP contribution is 1.59. The molecule has 0 aliphatic carbocycles. The number of nitrogens with zero attached hydrogens (tertiary/aromatic N) is 1. The molecule has 0 atom stereocenters. The summed E-state index contributed by atoms with van der Waals surface area (Å²) in [5.74, 6) is 0. The van der Waals surface area contributed by atoms with Gasteiger partial charge in [0.25, 0.3) is 0 Å². The standard InChI is InChI=1S/C3H9NO.C2H6O/c1-4(2)3-5;1-2-3/h5H,3H2,1-2H3;3H,2H2,1H3. The Kier molecular flexibility index (Phi) is 13.5. The van der Waals surface area contributed by atoms with Crippen molar-refractivity contribution in [3.63, 3.8) is 0 Å². The summed E-state index contributed by atoms with van der Waals surface area (Å²) in [5.41, 5.74) is 0. The predicted octanol–water partition coefficient (Wildman–Crippen LogP) is -0.504. The molecule has 0 aromatic carbocycles. The number of hydrogen-bond acceptors (Lipinski definition) is 3. The molecule has 0 aliphatic heterocycles. The molecule has 0 amide bonds. The Morgan fingerprint density at radius 3 is 1.38 bits per heavy atom. The van der Waals surface area contributed by atoms with Crippen LogP contribution < -0.4 is 0 Å². The van der Waals surface area contributed by atoms with Crippen LogP contribution in [0.5, 0.6) is 0 Å². The number of rotatable bonds is 1. The van der Waals surface area contributed by atoms with E-state index < -0.39 is 0 Å². The zero-order valence-electron chi connectivity index (χ0n) is 5.76. The third-order valence-electron chi connectivity index (χ3n) is 0.283. The van der Waals surface area contributed by atoms with Crippen LogP contribution in [0, 0.1) is 0 Å². The van der Waals surface area contributed by atoms with Crippen molar-refractivity contribution in [2.75, 3.05) is 27.4 Å². The highest BCUT2D eigenvalue weighted by atomic mass is 16.3. The largest absolute Gasteiger partial charge is 0.397 e. The Morgan fingerprint density at radius 1 is 1.25 bits per heavy atom. The van der Waals surface area contributed by atoms with Crippen LogP contribution >= 0.6 is 0 Å². The molecule has 8 heavy (non-hydrogen) atoms. The van der Waals surface area contributed by atoms with Gasteiger partial charge in [-0.05, 0) is 21.0 Å². The predicted molar refractivity (Wildman–Crippen MR) is 33.5 cm³/mol. The van der Waals surface area contributed by atoms with Crippen LogP contribution in [0.1, 0.15) is 6.92 Å². The van der Waals surface area contributed by atoms with Crippen molar-refractivity contribution in [2.24, 2.45) is 0 Å². The molecule has 0 radical (unpaired) electrons. The van der Waals surface area contributed by atoms with Crippen molar-refractivity contribution >= 4 is 0 Å². The molecule has 0 aromatic heterocycles. The molecule has 3 nitrogen and oxygen atoms in total. The van der Waals surface area contributed by atoms with Gasteiger partial charge in [0, 0.05) is 6.61 Å². The van der Waals surface area contributed by atoms with Gasteiger partial charge in [-0.15, -0.1) is 0 Å². The first-order chi connectivity index (χ1) is 3.68. The van der Waals surface area contributed by atoms with E-state index in [1.165, 1.54) is 0 Å². The van der Waals surface area contributed by atoms with E-state index in [0.29, 0.717) is 0 Å². The van der Waals surface area contributed by atoms with Gasteiger partial charge in [-0.3, -0.25) is 4.90 Å². The van der Waals surface area contributed by atoms with E-state index in [9.17, 15) is 0 Å². The summed E-state index contributed by atoms with van der Waals surface area (Å²) >= 11 is 0. The van der Waals surface area contributed by atoms with Crippen molar-refractivity contribution in [1.82, 2.24) is 4.90 Å². The minimum absolute atomic E-state index is 0.139. The van der Waals surface area contributed by atoms with Gasteiger partial charge < -0.3 is 10.2 Å². The van der Waals surface area contributed by atoms with Gasteiger partial charge in [0.2, 0.25) is 0 Å². The summed E-state index contributed by atoms with van der Waals surface area (Å²) in [6, 6.07) is 0. The zero-order valence-corrected chi connectivity index (χ0v) is 5.76. The fraction of sp³-hybridized carbons (Fsp3) is 1.00. The Bertz CT molecular complexity index is 31.6. The van der Waals surface area contributed by atoms with Crippen molar-refractivity contribution in [2.45, 2.75) is 6.92 Å². The van der Waals surface area contributed by atoms with Crippen LogP contribution in [0.4, 0.5) is 0 Å². The molecule has 0 fully saturated rings. The summed E-state index contributed by atoms with van der Waals surface area (Å²) in [4.78, 5) is 1.68. The van der Waals surface area contributed by atoms with Crippen LogP contribution in [0.2, 0.25) is 0 Å². The minimum Gasteiger partial charge on any atom is -0.397 e. The van der Waals surface area contributed by atoms with Crippen LogP contribution in [-0.4, -0.2) is 42.5 Å². The summed E-state index contributed by atoms with van der Waals surface area (Å²) in [6.07, 6.45) is 0. The Balaban J connectivity index is 0. The SMILES string of the molecule is CCO.CN(C)CO. The van der Waals surface area contributed by atoms with Gasteiger partial charge in [-0.2, -0.15) is 0 Å². The average Bonchev–Trinajstić information content (AvgIpc) is 1.69. The Morgan fingerprint density at radius 2 is 1.38 bits per heavy atom. The molecule has 0 aromatic rings. The molecule has 3 heteroatoms. The fourth-order valence-electron chi connectivity index (χ4n) is 0. The number of aliphatic hydroxyl groups excluding tert-OH is 2. The van der Waals surface area contributed by atoms with Gasteiger partial charge in [0.05, 0.1) is 6.73 Å². The first-order valence-corrected chi connectivity index (χ1v) is 2.55. The van der Waals surface area contributed by atoms with E-state index >= 15 is 0 Å². The lowest BCUT2D eigenvalue weighted by Crippen LogP contribution is -2.11. The summed E-state index contributed by atoms with van der Waals surface area (Å²) in [6.45, 7) is 2.07. The van der Waals surface area contributed by atoms with Gasteiger partial charge >= 0.3 is 0 Å². The molecule has 0 aliphatic rings. The van der Waals surface area contributed by atoms with Crippen LogP contribution in [-0.2, 0) is 0 Å².